The van der Waals surface area contributed by atoms with Crippen molar-refractivity contribution in [3.05, 3.63) is 51.9 Å². The Labute approximate surface area is 218 Å². The van der Waals surface area contributed by atoms with Crippen LogP contribution in [0.3, 0.4) is 0 Å². The van der Waals surface area contributed by atoms with Gasteiger partial charge in [-0.15, -0.1) is 0 Å². The van der Waals surface area contributed by atoms with Crippen LogP contribution in [0.1, 0.15) is 5.56 Å². The molecule has 3 amide bonds. The molecule has 2 heterocycles. The van der Waals surface area contributed by atoms with Gasteiger partial charge in [-0.25, -0.2) is 0 Å². The normalized spacial score (nSPS) is 17.1. The lowest BCUT2D eigenvalue weighted by Crippen LogP contribution is -2.51. The zero-order valence-corrected chi connectivity index (χ0v) is 21.7. The molecule has 2 aromatic carbocycles. The zero-order chi connectivity index (χ0) is 25.8. The minimum Gasteiger partial charge on any atom is -0.496 e. The Morgan fingerprint density at radius 2 is 1.58 bits per heavy atom. The summed E-state index contributed by atoms with van der Waals surface area (Å²) >= 11 is 6.74. The predicted molar refractivity (Wildman–Crippen MR) is 139 cm³/mol. The second-order valence-corrected chi connectivity index (χ2v) is 9.49. The SMILES string of the molecule is COc1cc(OC)c(C=C2SC(=O)N(CC(=O)N3CCN(c4ccc(Cl)cc4)CC3)C2=O)c(OC)c1. The Morgan fingerprint density at radius 3 is 2.14 bits per heavy atom. The first-order valence-corrected chi connectivity index (χ1v) is 12.4. The molecular weight excluding hydrogens is 506 g/mol. The number of methoxy groups -OCH3 is 3. The Hall–Kier alpha value is -3.37. The van der Waals surface area contributed by atoms with Crippen molar-refractivity contribution >= 4 is 52.2 Å². The minimum atomic E-state index is -0.530. The summed E-state index contributed by atoms with van der Waals surface area (Å²) in [5.41, 5.74) is 1.53. The molecule has 0 saturated carbocycles. The molecule has 0 radical (unpaired) electrons. The molecule has 2 aliphatic rings. The Morgan fingerprint density at radius 1 is 0.972 bits per heavy atom. The first-order chi connectivity index (χ1) is 17.3. The van der Waals surface area contributed by atoms with Gasteiger partial charge in [0.1, 0.15) is 23.8 Å². The lowest BCUT2D eigenvalue weighted by atomic mass is 10.1. The van der Waals surface area contributed by atoms with Crippen LogP contribution in [0.4, 0.5) is 10.5 Å². The molecular formula is C25H26ClN3O6S. The van der Waals surface area contributed by atoms with Crippen molar-refractivity contribution in [1.29, 1.82) is 0 Å². The van der Waals surface area contributed by atoms with Crippen molar-refractivity contribution in [2.24, 2.45) is 0 Å². The maximum absolute atomic E-state index is 13.0. The molecule has 2 fully saturated rings. The van der Waals surface area contributed by atoms with Crippen LogP contribution in [0, 0.1) is 0 Å². The number of hydrogen-bond acceptors (Lipinski definition) is 8. The van der Waals surface area contributed by atoms with Gasteiger partial charge >= 0.3 is 0 Å². The molecule has 0 aromatic heterocycles. The average Bonchev–Trinajstić information content (AvgIpc) is 3.16. The highest BCUT2D eigenvalue weighted by Crippen LogP contribution is 2.39. The fourth-order valence-corrected chi connectivity index (χ4v) is 4.99. The van der Waals surface area contributed by atoms with Crippen LogP contribution in [0.15, 0.2) is 41.3 Å². The summed E-state index contributed by atoms with van der Waals surface area (Å²) < 4.78 is 16.1. The van der Waals surface area contributed by atoms with Gasteiger partial charge in [0.05, 0.1) is 31.8 Å². The van der Waals surface area contributed by atoms with Gasteiger partial charge in [-0.1, -0.05) is 11.6 Å². The average molecular weight is 532 g/mol. The number of anilines is 1. The smallest absolute Gasteiger partial charge is 0.294 e. The first kappa shape index (κ1) is 25.7. The monoisotopic (exact) mass is 531 g/mol. The van der Waals surface area contributed by atoms with E-state index >= 15 is 0 Å². The maximum Gasteiger partial charge on any atom is 0.294 e. The first-order valence-electron chi connectivity index (χ1n) is 11.2. The van der Waals surface area contributed by atoms with Gasteiger partial charge in [-0.3, -0.25) is 19.3 Å². The van der Waals surface area contributed by atoms with Crippen LogP contribution >= 0.6 is 23.4 Å². The summed E-state index contributed by atoms with van der Waals surface area (Å²) in [5.74, 6) is 0.572. The van der Waals surface area contributed by atoms with Gasteiger partial charge in [0, 0.05) is 49.0 Å². The van der Waals surface area contributed by atoms with Crippen LogP contribution in [0.2, 0.25) is 5.02 Å². The fraction of sp³-hybridized carbons (Fsp3) is 0.320. The van der Waals surface area contributed by atoms with Crippen molar-refractivity contribution < 1.29 is 28.6 Å². The third-order valence-corrected chi connectivity index (χ3v) is 7.18. The number of rotatable bonds is 7. The van der Waals surface area contributed by atoms with Gasteiger partial charge in [0.2, 0.25) is 5.91 Å². The summed E-state index contributed by atoms with van der Waals surface area (Å²) in [6.07, 6.45) is 1.54. The molecule has 0 aliphatic carbocycles. The third-order valence-electron chi connectivity index (χ3n) is 6.02. The zero-order valence-electron chi connectivity index (χ0n) is 20.2. The van der Waals surface area contributed by atoms with Gasteiger partial charge < -0.3 is 24.0 Å². The fourth-order valence-electron chi connectivity index (χ4n) is 4.04. The molecule has 0 atom stereocenters. The van der Waals surface area contributed by atoms with Gasteiger partial charge in [0.25, 0.3) is 11.1 Å². The van der Waals surface area contributed by atoms with Crippen LogP contribution in [0.25, 0.3) is 6.08 Å². The van der Waals surface area contributed by atoms with Crippen molar-refractivity contribution in [2.45, 2.75) is 0 Å². The Balaban J connectivity index is 1.43. The quantitative estimate of drug-likeness (QED) is 0.499. The number of hydrogen-bond donors (Lipinski definition) is 0. The van der Waals surface area contributed by atoms with E-state index in [1.54, 1.807) is 17.0 Å². The highest BCUT2D eigenvalue weighted by atomic mass is 35.5. The van der Waals surface area contributed by atoms with Gasteiger partial charge in [0.15, 0.2) is 0 Å². The molecule has 9 nitrogen and oxygen atoms in total. The number of amides is 3. The molecule has 0 unspecified atom stereocenters. The summed E-state index contributed by atoms with van der Waals surface area (Å²) in [6.45, 7) is 1.97. The number of imide groups is 1. The van der Waals surface area contributed by atoms with E-state index in [1.807, 2.05) is 24.3 Å². The Bertz CT molecular complexity index is 1170. The molecule has 0 spiro atoms. The summed E-state index contributed by atoms with van der Waals surface area (Å²) in [6, 6.07) is 10.9. The number of nitrogens with zero attached hydrogens (tertiary/aromatic N) is 3. The van der Waals surface area contributed by atoms with Crippen LogP contribution < -0.4 is 19.1 Å². The second-order valence-electron chi connectivity index (χ2n) is 8.06. The summed E-state index contributed by atoms with van der Waals surface area (Å²) in [4.78, 5) is 43.6. The maximum atomic E-state index is 13.0. The highest BCUT2D eigenvalue weighted by molar-refractivity contribution is 8.18. The van der Waals surface area contributed by atoms with E-state index in [2.05, 4.69) is 4.90 Å². The molecule has 11 heteroatoms. The third kappa shape index (κ3) is 5.39. The number of halogens is 1. The molecule has 2 saturated heterocycles. The summed E-state index contributed by atoms with van der Waals surface area (Å²) in [7, 11) is 4.50. The molecule has 0 N–H and O–H groups in total. The largest absolute Gasteiger partial charge is 0.496 e. The number of carbonyl (C=O) groups is 3. The molecule has 0 bridgehead atoms. The van der Waals surface area contributed by atoms with Gasteiger partial charge in [-0.05, 0) is 42.1 Å². The predicted octanol–water partition coefficient (Wildman–Crippen LogP) is 3.75. The number of piperazine rings is 1. The lowest BCUT2D eigenvalue weighted by molar-refractivity contribution is -0.136. The van der Waals surface area contributed by atoms with E-state index in [4.69, 9.17) is 25.8 Å². The van der Waals surface area contributed by atoms with Crippen molar-refractivity contribution in [2.75, 3.05) is 59.0 Å². The summed E-state index contributed by atoms with van der Waals surface area (Å²) in [5, 5.41) is 0.175. The second kappa shape index (κ2) is 11.1. The van der Waals surface area contributed by atoms with Crippen LogP contribution in [-0.4, -0.2) is 80.9 Å². The molecule has 2 aromatic rings. The number of ether oxygens (including phenoxy) is 3. The lowest BCUT2D eigenvalue weighted by Gasteiger charge is -2.36. The number of benzene rings is 2. The van der Waals surface area contributed by atoms with E-state index in [9.17, 15) is 14.4 Å². The topological polar surface area (TPSA) is 88.6 Å². The van der Waals surface area contributed by atoms with E-state index in [1.165, 1.54) is 27.4 Å². The van der Waals surface area contributed by atoms with Gasteiger partial charge in [-0.2, -0.15) is 0 Å². The van der Waals surface area contributed by atoms with E-state index in [-0.39, 0.29) is 17.4 Å². The minimum absolute atomic E-state index is 0.183. The Kier molecular flexibility index (Phi) is 7.95. The molecule has 36 heavy (non-hydrogen) atoms. The van der Waals surface area contributed by atoms with Crippen molar-refractivity contribution in [3.8, 4) is 17.2 Å². The molecule has 4 rings (SSSR count). The number of carbonyl (C=O) groups excluding carboxylic acids is 3. The molecule has 2 aliphatic heterocycles. The molecule has 190 valence electrons. The van der Waals surface area contributed by atoms with E-state index < -0.39 is 11.1 Å². The van der Waals surface area contributed by atoms with Crippen LogP contribution in [0.5, 0.6) is 17.2 Å². The van der Waals surface area contributed by atoms with Crippen LogP contribution in [-0.2, 0) is 9.59 Å². The van der Waals surface area contributed by atoms with Crippen molar-refractivity contribution in [3.63, 3.8) is 0 Å². The van der Waals surface area contributed by atoms with E-state index in [0.29, 0.717) is 54.0 Å². The number of thioether (sulfide) groups is 1. The van der Waals surface area contributed by atoms with E-state index in [0.717, 1.165) is 22.3 Å². The van der Waals surface area contributed by atoms with Crippen molar-refractivity contribution in [1.82, 2.24) is 9.80 Å². The standard InChI is InChI=1S/C25H26ClN3O6S/c1-33-18-12-20(34-2)19(21(13-18)35-3)14-22-24(31)29(25(32)36-22)15-23(30)28-10-8-27(9-11-28)17-6-4-16(26)5-7-17/h4-7,12-14H,8-11,15H2,1-3H3. The highest BCUT2D eigenvalue weighted by Gasteiger charge is 2.38.